The molecule has 114 valence electrons. The molecule has 0 aromatic heterocycles. The van der Waals surface area contributed by atoms with Gasteiger partial charge in [0.1, 0.15) is 5.54 Å². The minimum atomic E-state index is -0.300. The Morgan fingerprint density at radius 2 is 2.29 bits per heavy atom. The molecule has 0 saturated heterocycles. The van der Waals surface area contributed by atoms with E-state index < -0.39 is 0 Å². The lowest BCUT2D eigenvalue weighted by molar-refractivity contribution is 0.322. The van der Waals surface area contributed by atoms with Crippen molar-refractivity contribution in [2.24, 2.45) is 5.92 Å². The predicted molar refractivity (Wildman–Crippen MR) is 88.4 cm³/mol. The molecule has 2 atom stereocenters. The van der Waals surface area contributed by atoms with E-state index in [0.717, 1.165) is 32.4 Å². The Hall–Kier alpha value is -1.53. The van der Waals surface area contributed by atoms with Crippen molar-refractivity contribution in [1.29, 1.82) is 5.26 Å². The van der Waals surface area contributed by atoms with Gasteiger partial charge in [-0.15, -0.1) is 0 Å². The highest BCUT2D eigenvalue weighted by molar-refractivity contribution is 5.48. The number of nitrogens with zero attached hydrogens (tertiary/aromatic N) is 2. The Morgan fingerprint density at radius 1 is 1.48 bits per heavy atom. The summed E-state index contributed by atoms with van der Waals surface area (Å²) < 4.78 is 0. The van der Waals surface area contributed by atoms with Crippen LogP contribution in [0.25, 0.3) is 0 Å². The molecule has 21 heavy (non-hydrogen) atoms. The fourth-order valence-electron chi connectivity index (χ4n) is 3.61. The summed E-state index contributed by atoms with van der Waals surface area (Å²) in [5.41, 5.74) is 2.29. The maximum atomic E-state index is 9.54. The van der Waals surface area contributed by atoms with Crippen LogP contribution in [0.5, 0.6) is 0 Å². The molecular weight excluding hydrogens is 258 g/mol. The van der Waals surface area contributed by atoms with Gasteiger partial charge in [-0.25, -0.2) is 0 Å². The average molecular weight is 285 g/mol. The van der Waals surface area contributed by atoms with Crippen LogP contribution >= 0.6 is 0 Å². The highest BCUT2D eigenvalue weighted by Crippen LogP contribution is 2.37. The zero-order valence-corrected chi connectivity index (χ0v) is 13.5. The van der Waals surface area contributed by atoms with Crippen LogP contribution in [0.15, 0.2) is 24.3 Å². The van der Waals surface area contributed by atoms with Gasteiger partial charge >= 0.3 is 0 Å². The highest BCUT2D eigenvalue weighted by Gasteiger charge is 2.41. The van der Waals surface area contributed by atoms with Crippen molar-refractivity contribution in [2.45, 2.75) is 45.1 Å². The fraction of sp³-hybridized carbons (Fsp3) is 0.611. The molecule has 0 radical (unpaired) electrons. The zero-order chi connectivity index (χ0) is 15.3. The summed E-state index contributed by atoms with van der Waals surface area (Å²) in [5.74, 6) is 0.464. The minimum absolute atomic E-state index is 0.300. The van der Waals surface area contributed by atoms with E-state index in [0.29, 0.717) is 5.92 Å². The van der Waals surface area contributed by atoms with Crippen molar-refractivity contribution in [3.05, 3.63) is 29.8 Å². The van der Waals surface area contributed by atoms with E-state index >= 15 is 0 Å². The molecule has 0 spiro atoms. The van der Waals surface area contributed by atoms with Gasteiger partial charge in [-0.05, 0) is 63.8 Å². The molecule has 0 amide bonds. The van der Waals surface area contributed by atoms with Crippen LogP contribution in [0.1, 0.15) is 38.2 Å². The molecule has 1 saturated carbocycles. The first-order chi connectivity index (χ1) is 10.1. The second kappa shape index (κ2) is 6.95. The quantitative estimate of drug-likeness (QED) is 0.869. The van der Waals surface area contributed by atoms with Gasteiger partial charge in [0.15, 0.2) is 0 Å². The van der Waals surface area contributed by atoms with Gasteiger partial charge in [-0.2, -0.15) is 5.26 Å². The van der Waals surface area contributed by atoms with Gasteiger partial charge < -0.3 is 10.2 Å². The van der Waals surface area contributed by atoms with Gasteiger partial charge in [0.2, 0.25) is 0 Å². The van der Waals surface area contributed by atoms with Crippen LogP contribution in [0, 0.1) is 24.2 Å². The standard InChI is InChI=1S/C18H27N3/c1-4-21(17-9-5-7-15(2)13-17)12-10-16-8-6-11-18(16,14-19)20-3/h5,7,9,13,16,20H,4,6,8,10-12H2,1-3H3. The lowest BCUT2D eigenvalue weighted by Gasteiger charge is -2.31. The van der Waals surface area contributed by atoms with E-state index in [4.69, 9.17) is 0 Å². The lowest BCUT2D eigenvalue weighted by atomic mass is 9.86. The third-order valence-corrected chi connectivity index (χ3v) is 4.96. The van der Waals surface area contributed by atoms with Crippen molar-refractivity contribution in [3.63, 3.8) is 0 Å². The Morgan fingerprint density at radius 3 is 2.90 bits per heavy atom. The SMILES string of the molecule is CCN(CCC1CCCC1(C#N)NC)c1cccc(C)c1. The Balaban J connectivity index is 2.02. The van der Waals surface area contributed by atoms with Crippen molar-refractivity contribution in [2.75, 3.05) is 25.0 Å². The van der Waals surface area contributed by atoms with Gasteiger partial charge in [0.05, 0.1) is 6.07 Å². The number of hydrogen-bond donors (Lipinski definition) is 1. The van der Waals surface area contributed by atoms with Gasteiger partial charge in [-0.3, -0.25) is 0 Å². The second-order valence-corrected chi connectivity index (χ2v) is 6.13. The molecule has 3 heteroatoms. The van der Waals surface area contributed by atoms with Crippen molar-refractivity contribution in [1.82, 2.24) is 5.32 Å². The Bertz CT molecular complexity index is 505. The van der Waals surface area contributed by atoms with E-state index in [1.165, 1.54) is 17.7 Å². The molecule has 0 heterocycles. The number of aryl methyl sites for hydroxylation is 1. The van der Waals surface area contributed by atoms with E-state index in [2.05, 4.69) is 54.4 Å². The summed E-state index contributed by atoms with van der Waals surface area (Å²) in [5, 5.41) is 12.8. The van der Waals surface area contributed by atoms with Crippen LogP contribution in [-0.2, 0) is 0 Å². The molecule has 2 rings (SSSR count). The summed E-state index contributed by atoms with van der Waals surface area (Å²) in [6.07, 6.45) is 4.40. The Labute approximate surface area is 129 Å². The number of rotatable bonds is 6. The van der Waals surface area contributed by atoms with Crippen molar-refractivity contribution in [3.8, 4) is 6.07 Å². The van der Waals surface area contributed by atoms with Gasteiger partial charge in [0.25, 0.3) is 0 Å². The smallest absolute Gasteiger partial charge is 0.109 e. The van der Waals surface area contributed by atoms with E-state index in [-0.39, 0.29) is 5.54 Å². The number of hydrogen-bond acceptors (Lipinski definition) is 3. The van der Waals surface area contributed by atoms with E-state index in [1.54, 1.807) is 0 Å². The third kappa shape index (κ3) is 3.39. The van der Waals surface area contributed by atoms with Crippen molar-refractivity contribution < 1.29 is 0 Å². The highest BCUT2D eigenvalue weighted by atomic mass is 15.1. The summed E-state index contributed by atoms with van der Waals surface area (Å²) in [7, 11) is 1.93. The van der Waals surface area contributed by atoms with Crippen LogP contribution in [0.4, 0.5) is 5.69 Å². The fourth-order valence-corrected chi connectivity index (χ4v) is 3.61. The molecule has 1 aromatic carbocycles. The summed E-state index contributed by atoms with van der Waals surface area (Å²) in [6.45, 7) is 6.37. The minimum Gasteiger partial charge on any atom is -0.372 e. The predicted octanol–water partition coefficient (Wildman–Crippen LogP) is 3.49. The van der Waals surface area contributed by atoms with Crippen LogP contribution < -0.4 is 10.2 Å². The number of benzene rings is 1. The molecule has 1 aromatic rings. The van der Waals surface area contributed by atoms with Gasteiger partial charge in [-0.1, -0.05) is 18.6 Å². The first kappa shape index (κ1) is 15.9. The largest absolute Gasteiger partial charge is 0.372 e. The average Bonchev–Trinajstić information content (AvgIpc) is 2.91. The first-order valence-corrected chi connectivity index (χ1v) is 8.07. The molecular formula is C18H27N3. The topological polar surface area (TPSA) is 39.1 Å². The second-order valence-electron chi connectivity index (χ2n) is 6.13. The summed E-state index contributed by atoms with van der Waals surface area (Å²) in [4.78, 5) is 2.42. The van der Waals surface area contributed by atoms with Crippen LogP contribution in [0.3, 0.4) is 0 Å². The molecule has 0 bridgehead atoms. The first-order valence-electron chi connectivity index (χ1n) is 8.07. The summed E-state index contributed by atoms with van der Waals surface area (Å²) in [6, 6.07) is 11.2. The van der Waals surface area contributed by atoms with Crippen LogP contribution in [-0.4, -0.2) is 25.7 Å². The number of anilines is 1. The number of nitriles is 1. The molecule has 1 fully saturated rings. The molecule has 1 aliphatic carbocycles. The lowest BCUT2D eigenvalue weighted by Crippen LogP contribution is -2.45. The van der Waals surface area contributed by atoms with E-state index in [9.17, 15) is 5.26 Å². The molecule has 3 nitrogen and oxygen atoms in total. The monoisotopic (exact) mass is 285 g/mol. The molecule has 2 unspecified atom stereocenters. The number of nitrogens with one attached hydrogen (secondary N) is 1. The normalized spacial score (nSPS) is 24.8. The van der Waals surface area contributed by atoms with E-state index in [1.807, 2.05) is 7.05 Å². The molecule has 0 aliphatic heterocycles. The molecule has 1 N–H and O–H groups in total. The summed E-state index contributed by atoms with van der Waals surface area (Å²) >= 11 is 0. The maximum Gasteiger partial charge on any atom is 0.109 e. The van der Waals surface area contributed by atoms with Gasteiger partial charge in [0, 0.05) is 18.8 Å². The van der Waals surface area contributed by atoms with Crippen molar-refractivity contribution >= 4 is 5.69 Å². The zero-order valence-electron chi connectivity index (χ0n) is 13.5. The Kier molecular flexibility index (Phi) is 5.25. The van der Waals surface area contributed by atoms with Crippen LogP contribution in [0.2, 0.25) is 0 Å². The molecule has 1 aliphatic rings. The maximum absolute atomic E-state index is 9.54. The third-order valence-electron chi connectivity index (χ3n) is 4.96.